The Balaban J connectivity index is 1.45. The average Bonchev–Trinajstić information content (AvgIpc) is 2.83. The van der Waals surface area contributed by atoms with Gasteiger partial charge in [0.1, 0.15) is 17.5 Å². The zero-order chi connectivity index (χ0) is 23.4. The van der Waals surface area contributed by atoms with Crippen molar-refractivity contribution in [3.63, 3.8) is 0 Å². The van der Waals surface area contributed by atoms with Crippen LogP contribution in [0.1, 0.15) is 36.8 Å². The zero-order valence-corrected chi connectivity index (χ0v) is 18.1. The van der Waals surface area contributed by atoms with Crippen molar-refractivity contribution in [3.8, 4) is 0 Å². The van der Waals surface area contributed by atoms with Crippen molar-refractivity contribution in [3.05, 3.63) is 65.0 Å². The Morgan fingerprint density at radius 1 is 0.788 bits per heavy atom. The fraction of sp³-hybridized carbons (Fsp3) is 0.417. The third-order valence-corrected chi connectivity index (χ3v) is 6.62. The molecule has 176 valence electrons. The van der Waals surface area contributed by atoms with E-state index in [1.165, 1.54) is 12.1 Å². The van der Waals surface area contributed by atoms with Gasteiger partial charge in [0.25, 0.3) is 0 Å². The normalized spacial score (nSPS) is 19.2. The number of benzene rings is 2. The summed E-state index contributed by atoms with van der Waals surface area (Å²) in [5, 5.41) is 29.0. The molecule has 0 saturated carbocycles. The number of nitrogens with one attached hydrogen (secondary N) is 1. The number of piperidine rings is 2. The molecule has 0 unspecified atom stereocenters. The summed E-state index contributed by atoms with van der Waals surface area (Å²) in [5.74, 6) is -2.09. The molecule has 0 amide bonds. The molecule has 2 heterocycles. The van der Waals surface area contributed by atoms with Crippen LogP contribution in [0.2, 0.25) is 0 Å². The lowest BCUT2D eigenvalue weighted by molar-refractivity contribution is 0.311. The second kappa shape index (κ2) is 10.2. The highest BCUT2D eigenvalue weighted by atomic mass is 19.1. The van der Waals surface area contributed by atoms with Crippen molar-refractivity contribution in [1.82, 2.24) is 5.32 Å². The van der Waals surface area contributed by atoms with Crippen LogP contribution < -0.4 is 10.2 Å². The standard InChI is InChI=1S/C24H27F3N4O2/c25-17-1-3-19(21(26)13-17)24(30-33)16-7-11-31(12-8-16)18-2-4-20(22(27)14-18)23(29-32)15-5-9-28-10-6-15/h1-4,13-16,28,32-33H,5-12H2/b29-23+,30-24-. The first-order valence-corrected chi connectivity index (χ1v) is 11.2. The first kappa shape index (κ1) is 23.1. The second-order valence-corrected chi connectivity index (χ2v) is 8.54. The minimum absolute atomic E-state index is 0.00962. The van der Waals surface area contributed by atoms with E-state index < -0.39 is 17.5 Å². The van der Waals surface area contributed by atoms with E-state index in [-0.39, 0.29) is 23.1 Å². The number of oxime groups is 2. The highest BCUT2D eigenvalue weighted by molar-refractivity contribution is 6.03. The third kappa shape index (κ3) is 4.98. The van der Waals surface area contributed by atoms with E-state index in [1.54, 1.807) is 6.07 Å². The molecule has 2 aromatic carbocycles. The van der Waals surface area contributed by atoms with Gasteiger partial charge in [-0.15, -0.1) is 0 Å². The first-order valence-electron chi connectivity index (χ1n) is 11.2. The van der Waals surface area contributed by atoms with Gasteiger partial charge in [-0.3, -0.25) is 0 Å². The van der Waals surface area contributed by atoms with Gasteiger partial charge in [0.2, 0.25) is 0 Å². The molecular formula is C24H27F3N4O2. The Bertz CT molecular complexity index is 1050. The van der Waals surface area contributed by atoms with Crippen LogP contribution in [-0.2, 0) is 0 Å². The summed E-state index contributed by atoms with van der Waals surface area (Å²) in [4.78, 5) is 2.01. The summed E-state index contributed by atoms with van der Waals surface area (Å²) >= 11 is 0. The quantitative estimate of drug-likeness (QED) is 0.352. The smallest absolute Gasteiger partial charge is 0.135 e. The molecule has 9 heteroatoms. The third-order valence-electron chi connectivity index (χ3n) is 6.62. The number of hydrogen-bond donors (Lipinski definition) is 3. The minimum Gasteiger partial charge on any atom is -0.411 e. The molecule has 6 nitrogen and oxygen atoms in total. The van der Waals surface area contributed by atoms with E-state index in [2.05, 4.69) is 15.6 Å². The van der Waals surface area contributed by atoms with Crippen LogP contribution in [0.15, 0.2) is 46.7 Å². The van der Waals surface area contributed by atoms with E-state index in [1.807, 2.05) is 11.0 Å². The molecule has 0 aromatic heterocycles. The monoisotopic (exact) mass is 460 g/mol. The number of hydrogen-bond acceptors (Lipinski definition) is 6. The molecule has 2 aliphatic rings. The van der Waals surface area contributed by atoms with Crippen molar-refractivity contribution in [2.24, 2.45) is 22.1 Å². The van der Waals surface area contributed by atoms with Crippen molar-refractivity contribution in [2.75, 3.05) is 31.1 Å². The summed E-state index contributed by atoms with van der Waals surface area (Å²) in [6, 6.07) is 8.10. The molecule has 33 heavy (non-hydrogen) atoms. The lowest BCUT2D eigenvalue weighted by Gasteiger charge is -2.34. The van der Waals surface area contributed by atoms with Gasteiger partial charge in [-0.25, -0.2) is 13.2 Å². The molecule has 2 saturated heterocycles. The topological polar surface area (TPSA) is 80.5 Å². The molecule has 0 aliphatic carbocycles. The van der Waals surface area contributed by atoms with Crippen LogP contribution in [0, 0.1) is 29.3 Å². The Labute approximate surface area is 190 Å². The van der Waals surface area contributed by atoms with E-state index in [0.29, 0.717) is 42.9 Å². The van der Waals surface area contributed by atoms with Gasteiger partial charge >= 0.3 is 0 Å². The van der Waals surface area contributed by atoms with Gasteiger partial charge in [0, 0.05) is 47.8 Å². The molecule has 2 aromatic rings. The Hall–Kier alpha value is -3.07. The van der Waals surface area contributed by atoms with Gasteiger partial charge in [0.05, 0.1) is 11.4 Å². The van der Waals surface area contributed by atoms with Gasteiger partial charge < -0.3 is 20.6 Å². The number of rotatable bonds is 5. The molecule has 0 bridgehead atoms. The summed E-state index contributed by atoms with van der Waals surface area (Å²) < 4.78 is 42.4. The predicted octanol–water partition coefficient (Wildman–Crippen LogP) is 4.38. The summed E-state index contributed by atoms with van der Waals surface area (Å²) in [6.07, 6.45) is 2.71. The number of nitrogens with zero attached hydrogens (tertiary/aromatic N) is 3. The van der Waals surface area contributed by atoms with Gasteiger partial charge in [0.15, 0.2) is 0 Å². The van der Waals surface area contributed by atoms with Crippen LogP contribution in [0.4, 0.5) is 18.9 Å². The van der Waals surface area contributed by atoms with Crippen molar-refractivity contribution >= 4 is 17.1 Å². The van der Waals surface area contributed by atoms with Crippen molar-refractivity contribution in [1.29, 1.82) is 0 Å². The van der Waals surface area contributed by atoms with Crippen molar-refractivity contribution in [2.45, 2.75) is 25.7 Å². The molecule has 4 rings (SSSR count). The Morgan fingerprint density at radius 3 is 1.88 bits per heavy atom. The Kier molecular flexibility index (Phi) is 7.17. The maximum absolute atomic E-state index is 15.0. The maximum atomic E-state index is 15.0. The number of halogens is 3. The second-order valence-electron chi connectivity index (χ2n) is 8.54. The maximum Gasteiger partial charge on any atom is 0.135 e. The molecule has 0 spiro atoms. The van der Waals surface area contributed by atoms with Gasteiger partial charge in [-0.1, -0.05) is 10.3 Å². The molecular weight excluding hydrogens is 433 g/mol. The predicted molar refractivity (Wildman–Crippen MR) is 120 cm³/mol. The van der Waals surface area contributed by atoms with Crippen LogP contribution in [0.25, 0.3) is 0 Å². The first-order chi connectivity index (χ1) is 16.0. The van der Waals surface area contributed by atoms with E-state index in [0.717, 1.165) is 38.1 Å². The lowest BCUT2D eigenvalue weighted by Crippen LogP contribution is -2.37. The highest BCUT2D eigenvalue weighted by Gasteiger charge is 2.28. The fourth-order valence-electron chi connectivity index (χ4n) is 4.82. The fourth-order valence-corrected chi connectivity index (χ4v) is 4.82. The molecule has 2 aliphatic heterocycles. The van der Waals surface area contributed by atoms with Gasteiger partial charge in [-0.05, 0) is 69.1 Å². The van der Waals surface area contributed by atoms with Crippen LogP contribution >= 0.6 is 0 Å². The molecule has 2 fully saturated rings. The summed E-state index contributed by atoms with van der Waals surface area (Å²) in [5.41, 5.74) is 1.67. The van der Waals surface area contributed by atoms with Crippen molar-refractivity contribution < 1.29 is 23.6 Å². The van der Waals surface area contributed by atoms with Gasteiger partial charge in [-0.2, -0.15) is 0 Å². The SMILES string of the molecule is O/N=C(\c1ccc(F)cc1F)C1CCN(c2ccc(/C(=N/O)C3CCNCC3)c(F)c2)CC1. The molecule has 3 N–H and O–H groups in total. The largest absolute Gasteiger partial charge is 0.411 e. The Morgan fingerprint density at radius 2 is 1.33 bits per heavy atom. The summed E-state index contributed by atoms with van der Waals surface area (Å²) in [6.45, 7) is 2.72. The average molecular weight is 461 g/mol. The molecule has 0 radical (unpaired) electrons. The number of anilines is 1. The van der Waals surface area contributed by atoms with Crippen LogP contribution in [0.3, 0.4) is 0 Å². The summed E-state index contributed by atoms with van der Waals surface area (Å²) in [7, 11) is 0. The van der Waals surface area contributed by atoms with E-state index >= 15 is 0 Å². The lowest BCUT2D eigenvalue weighted by atomic mass is 9.87. The van der Waals surface area contributed by atoms with Crippen LogP contribution in [-0.4, -0.2) is 48.0 Å². The molecule has 0 atom stereocenters. The highest BCUT2D eigenvalue weighted by Crippen LogP contribution is 2.29. The van der Waals surface area contributed by atoms with E-state index in [4.69, 9.17) is 0 Å². The van der Waals surface area contributed by atoms with Crippen LogP contribution in [0.5, 0.6) is 0 Å². The van der Waals surface area contributed by atoms with E-state index in [9.17, 15) is 23.6 Å². The minimum atomic E-state index is -0.766. The zero-order valence-electron chi connectivity index (χ0n) is 18.1.